The maximum atomic E-state index is 13.0. The Balaban J connectivity index is 1.53. The van der Waals surface area contributed by atoms with Crippen LogP contribution in [0, 0.1) is 0 Å². The molecule has 7 nitrogen and oxygen atoms in total. The summed E-state index contributed by atoms with van der Waals surface area (Å²) in [4.78, 5) is 42.0. The maximum Gasteiger partial charge on any atom is 0.339 e. The number of hydrogen-bond acceptors (Lipinski definition) is 6. The number of pyridine rings is 1. The summed E-state index contributed by atoms with van der Waals surface area (Å²) in [6, 6.07) is 13.9. The number of hydrogen-bond donors (Lipinski definition) is 1. The molecule has 1 aliphatic rings. The number of anilines is 1. The summed E-state index contributed by atoms with van der Waals surface area (Å²) in [5.74, 6) is -1.66. The number of ether oxygens (including phenoxy) is 2. The summed E-state index contributed by atoms with van der Waals surface area (Å²) >= 11 is 0. The fraction of sp³-hybridized carbons (Fsp3) is 0.250. The van der Waals surface area contributed by atoms with Gasteiger partial charge in [0.1, 0.15) is 0 Å². The molecule has 31 heavy (non-hydrogen) atoms. The van der Waals surface area contributed by atoms with Gasteiger partial charge in [-0.25, -0.2) is 9.59 Å². The van der Waals surface area contributed by atoms with Crippen LogP contribution in [-0.4, -0.2) is 36.5 Å². The summed E-state index contributed by atoms with van der Waals surface area (Å²) in [6.45, 7) is -0.472. The third-order valence-electron chi connectivity index (χ3n) is 5.31. The van der Waals surface area contributed by atoms with Gasteiger partial charge in [0, 0.05) is 11.1 Å². The summed E-state index contributed by atoms with van der Waals surface area (Å²) < 4.78 is 10.1. The first-order valence-electron chi connectivity index (χ1n) is 10.1. The number of aromatic nitrogens is 1. The highest BCUT2D eigenvalue weighted by molar-refractivity contribution is 6.06. The smallest absolute Gasteiger partial charge is 0.339 e. The van der Waals surface area contributed by atoms with Crippen molar-refractivity contribution in [1.82, 2.24) is 4.98 Å². The van der Waals surface area contributed by atoms with Crippen molar-refractivity contribution in [1.29, 1.82) is 0 Å². The SMILES string of the molecule is COC(=O)c1ccccc1NC(=O)COC(=O)c1c2c(nc3ccccc13)CCCC2. The molecule has 0 saturated heterocycles. The molecule has 0 radical (unpaired) electrons. The molecule has 0 fully saturated rings. The van der Waals surface area contributed by atoms with Crippen LogP contribution in [0.15, 0.2) is 48.5 Å². The predicted molar refractivity (Wildman–Crippen MR) is 115 cm³/mol. The summed E-state index contributed by atoms with van der Waals surface area (Å²) in [7, 11) is 1.27. The molecule has 3 aromatic rings. The number of nitrogens with one attached hydrogen (secondary N) is 1. The molecule has 1 heterocycles. The zero-order chi connectivity index (χ0) is 21.8. The summed E-state index contributed by atoms with van der Waals surface area (Å²) in [6.07, 6.45) is 3.61. The van der Waals surface area contributed by atoms with Crippen LogP contribution in [0.25, 0.3) is 10.9 Å². The van der Waals surface area contributed by atoms with Crippen LogP contribution in [0.4, 0.5) is 5.69 Å². The van der Waals surface area contributed by atoms with Gasteiger partial charge in [-0.3, -0.25) is 9.78 Å². The normalized spacial score (nSPS) is 12.7. The van der Waals surface area contributed by atoms with Crippen LogP contribution in [-0.2, 0) is 27.1 Å². The van der Waals surface area contributed by atoms with Gasteiger partial charge in [0.15, 0.2) is 6.61 Å². The molecule has 0 spiro atoms. The van der Waals surface area contributed by atoms with Crippen molar-refractivity contribution >= 4 is 34.4 Å². The summed E-state index contributed by atoms with van der Waals surface area (Å²) in [5.41, 5.74) is 3.58. The van der Waals surface area contributed by atoms with Gasteiger partial charge in [-0.05, 0) is 49.4 Å². The zero-order valence-electron chi connectivity index (χ0n) is 17.1. The minimum atomic E-state index is -0.567. The van der Waals surface area contributed by atoms with E-state index >= 15 is 0 Å². The number of aryl methyl sites for hydroxylation is 1. The van der Waals surface area contributed by atoms with Gasteiger partial charge in [-0.15, -0.1) is 0 Å². The number of carbonyl (C=O) groups excluding carboxylic acids is 3. The second-order valence-corrected chi connectivity index (χ2v) is 7.30. The van der Waals surface area contributed by atoms with E-state index in [0.29, 0.717) is 11.3 Å². The highest BCUT2D eigenvalue weighted by atomic mass is 16.5. The monoisotopic (exact) mass is 418 g/mol. The molecule has 0 aliphatic heterocycles. The predicted octanol–water partition coefficient (Wildman–Crippen LogP) is 3.70. The first-order valence-corrected chi connectivity index (χ1v) is 10.1. The Morgan fingerprint density at radius 2 is 1.71 bits per heavy atom. The van der Waals surface area contributed by atoms with Crippen molar-refractivity contribution in [2.24, 2.45) is 0 Å². The van der Waals surface area contributed by atoms with Gasteiger partial charge in [0.25, 0.3) is 5.91 Å². The Bertz CT molecular complexity index is 1170. The van der Waals surface area contributed by atoms with E-state index in [9.17, 15) is 14.4 Å². The Labute approximate surface area is 179 Å². The molecule has 0 saturated carbocycles. The van der Waals surface area contributed by atoms with Crippen LogP contribution in [0.1, 0.15) is 44.8 Å². The van der Waals surface area contributed by atoms with Crippen molar-refractivity contribution in [2.75, 3.05) is 19.0 Å². The van der Waals surface area contributed by atoms with E-state index in [-0.39, 0.29) is 5.56 Å². The van der Waals surface area contributed by atoms with Crippen LogP contribution < -0.4 is 5.32 Å². The lowest BCUT2D eigenvalue weighted by Crippen LogP contribution is -2.23. The Kier molecular flexibility index (Phi) is 5.93. The Morgan fingerprint density at radius 3 is 2.55 bits per heavy atom. The molecule has 2 aromatic carbocycles. The molecule has 158 valence electrons. The minimum absolute atomic E-state index is 0.221. The van der Waals surface area contributed by atoms with Crippen molar-refractivity contribution in [3.8, 4) is 0 Å². The lowest BCUT2D eigenvalue weighted by molar-refractivity contribution is -0.119. The van der Waals surface area contributed by atoms with Crippen LogP contribution in [0.3, 0.4) is 0 Å². The molecule has 1 aliphatic carbocycles. The molecule has 0 bridgehead atoms. The molecular weight excluding hydrogens is 396 g/mol. The first-order chi connectivity index (χ1) is 15.1. The average Bonchev–Trinajstić information content (AvgIpc) is 2.80. The van der Waals surface area contributed by atoms with Crippen molar-refractivity contribution in [3.63, 3.8) is 0 Å². The molecule has 1 aromatic heterocycles. The minimum Gasteiger partial charge on any atom is -0.465 e. The third-order valence-corrected chi connectivity index (χ3v) is 5.31. The van der Waals surface area contributed by atoms with Crippen LogP contribution in [0.5, 0.6) is 0 Å². The van der Waals surface area contributed by atoms with Gasteiger partial charge in [-0.1, -0.05) is 30.3 Å². The highest BCUT2D eigenvalue weighted by Crippen LogP contribution is 2.29. The van der Waals surface area contributed by atoms with Gasteiger partial charge in [-0.2, -0.15) is 0 Å². The molecule has 1 N–H and O–H groups in total. The van der Waals surface area contributed by atoms with E-state index in [4.69, 9.17) is 14.5 Å². The zero-order valence-corrected chi connectivity index (χ0v) is 17.1. The summed E-state index contributed by atoms with van der Waals surface area (Å²) in [5, 5.41) is 3.33. The number of methoxy groups -OCH3 is 1. The van der Waals surface area contributed by atoms with Gasteiger partial charge in [0.05, 0.1) is 29.4 Å². The van der Waals surface area contributed by atoms with E-state index in [2.05, 4.69) is 5.32 Å². The van der Waals surface area contributed by atoms with Gasteiger partial charge < -0.3 is 14.8 Å². The third kappa shape index (κ3) is 4.26. The number of esters is 2. The average molecular weight is 418 g/mol. The largest absolute Gasteiger partial charge is 0.465 e. The second kappa shape index (κ2) is 8.95. The molecule has 1 amide bonds. The molecule has 0 atom stereocenters. The number of amides is 1. The van der Waals surface area contributed by atoms with Gasteiger partial charge in [0.2, 0.25) is 0 Å². The number of nitrogens with zero attached hydrogens (tertiary/aromatic N) is 1. The molecular formula is C24H22N2O5. The number of para-hydroxylation sites is 2. The number of rotatable bonds is 5. The molecule has 7 heteroatoms. The van der Waals surface area contributed by atoms with Crippen LogP contribution >= 0.6 is 0 Å². The van der Waals surface area contributed by atoms with Crippen molar-refractivity contribution < 1.29 is 23.9 Å². The first kappa shape index (κ1) is 20.5. The Morgan fingerprint density at radius 1 is 0.968 bits per heavy atom. The van der Waals surface area contributed by atoms with E-state index in [1.165, 1.54) is 7.11 Å². The molecule has 0 unspecified atom stereocenters. The fourth-order valence-electron chi connectivity index (χ4n) is 3.88. The van der Waals surface area contributed by atoms with E-state index < -0.39 is 24.5 Å². The van der Waals surface area contributed by atoms with E-state index in [1.807, 2.05) is 24.3 Å². The number of carbonyl (C=O) groups is 3. The van der Waals surface area contributed by atoms with Crippen molar-refractivity contribution in [3.05, 3.63) is 70.9 Å². The quantitative estimate of drug-likeness (QED) is 0.635. The number of benzene rings is 2. The maximum absolute atomic E-state index is 13.0. The topological polar surface area (TPSA) is 94.6 Å². The fourth-order valence-corrected chi connectivity index (χ4v) is 3.88. The lowest BCUT2D eigenvalue weighted by atomic mass is 9.90. The standard InChI is InChI=1S/C24H22N2O5/c1-30-23(28)17-10-4-7-13-20(17)26-21(27)14-31-24(29)22-15-8-2-5-11-18(15)25-19-12-6-3-9-16(19)22/h2,4-5,7-8,10-11,13H,3,6,9,12,14H2,1H3,(H,26,27). The molecule has 4 rings (SSSR count). The lowest BCUT2D eigenvalue weighted by Gasteiger charge is -2.20. The van der Waals surface area contributed by atoms with E-state index in [0.717, 1.165) is 47.8 Å². The number of fused-ring (bicyclic) bond motifs is 2. The second-order valence-electron chi connectivity index (χ2n) is 7.30. The highest BCUT2D eigenvalue weighted by Gasteiger charge is 2.24. The van der Waals surface area contributed by atoms with E-state index in [1.54, 1.807) is 24.3 Å². The Hall–Kier alpha value is -3.74. The van der Waals surface area contributed by atoms with Crippen molar-refractivity contribution in [2.45, 2.75) is 25.7 Å². The van der Waals surface area contributed by atoms with Gasteiger partial charge >= 0.3 is 11.9 Å². The van der Waals surface area contributed by atoms with Crippen LogP contribution in [0.2, 0.25) is 0 Å².